The van der Waals surface area contributed by atoms with Gasteiger partial charge in [0.15, 0.2) is 0 Å². The van der Waals surface area contributed by atoms with E-state index in [1.807, 2.05) is 0 Å². The molecule has 2 aliphatic rings. The van der Waals surface area contributed by atoms with Crippen molar-refractivity contribution in [1.82, 2.24) is 9.80 Å². The van der Waals surface area contributed by atoms with Crippen LogP contribution in [-0.4, -0.2) is 68.6 Å². The zero-order chi connectivity index (χ0) is 18.0. The average molecular weight is 365 g/mol. The van der Waals surface area contributed by atoms with Crippen LogP contribution in [0.15, 0.2) is 0 Å². The van der Waals surface area contributed by atoms with E-state index in [2.05, 4.69) is 29.1 Å². The first-order valence-electron chi connectivity index (χ1n) is 8.91. The van der Waals surface area contributed by atoms with Crippen LogP contribution in [-0.2, 0) is 22.4 Å². The van der Waals surface area contributed by atoms with Gasteiger partial charge in [-0.3, -0.25) is 9.69 Å². The first-order valence-corrected chi connectivity index (χ1v) is 9.73. The van der Waals surface area contributed by atoms with E-state index in [4.69, 9.17) is 4.74 Å². The fourth-order valence-corrected chi connectivity index (χ4v) is 4.95. The fourth-order valence-electron chi connectivity index (χ4n) is 3.53. The van der Waals surface area contributed by atoms with Gasteiger partial charge in [0.2, 0.25) is 5.91 Å². The molecule has 1 aliphatic carbocycles. The maximum Gasteiger partial charge on any atom is 0.341 e. The van der Waals surface area contributed by atoms with Crippen LogP contribution in [0.5, 0.6) is 0 Å². The summed E-state index contributed by atoms with van der Waals surface area (Å²) >= 11 is 1.54. The summed E-state index contributed by atoms with van der Waals surface area (Å²) in [6, 6.07) is 0. The van der Waals surface area contributed by atoms with E-state index < -0.39 is 0 Å². The molecule has 7 heteroatoms. The number of fused-ring (bicyclic) bond motifs is 1. The largest absolute Gasteiger partial charge is 0.465 e. The Bertz CT molecular complexity index is 650. The maximum atomic E-state index is 12.5. The van der Waals surface area contributed by atoms with Crippen LogP contribution in [0, 0.1) is 5.92 Å². The van der Waals surface area contributed by atoms with Gasteiger partial charge < -0.3 is 15.0 Å². The lowest BCUT2D eigenvalue weighted by molar-refractivity contribution is -0.117. The molecule has 1 N–H and O–H groups in total. The lowest BCUT2D eigenvalue weighted by Crippen LogP contribution is -2.47. The van der Waals surface area contributed by atoms with Crippen LogP contribution < -0.4 is 5.32 Å². The zero-order valence-electron chi connectivity index (χ0n) is 15.3. The number of rotatable bonds is 4. The molecular formula is C18H27N3O3S. The number of piperazine rings is 1. The molecule has 0 unspecified atom stereocenters. The summed E-state index contributed by atoms with van der Waals surface area (Å²) in [4.78, 5) is 30.4. The third kappa shape index (κ3) is 4.22. The Morgan fingerprint density at radius 3 is 2.68 bits per heavy atom. The van der Waals surface area contributed by atoms with Crippen molar-refractivity contribution in [3.8, 4) is 0 Å². The second-order valence-electron chi connectivity index (χ2n) is 7.18. The van der Waals surface area contributed by atoms with Crippen LogP contribution in [0.1, 0.15) is 34.1 Å². The van der Waals surface area contributed by atoms with E-state index in [1.54, 1.807) is 11.3 Å². The quantitative estimate of drug-likeness (QED) is 0.825. The second-order valence-corrected chi connectivity index (χ2v) is 8.28. The van der Waals surface area contributed by atoms with Crippen molar-refractivity contribution in [3.05, 3.63) is 16.0 Å². The Balaban J connectivity index is 1.73. The third-order valence-corrected chi connectivity index (χ3v) is 6.29. The van der Waals surface area contributed by atoms with Gasteiger partial charge in [-0.2, -0.15) is 0 Å². The summed E-state index contributed by atoms with van der Waals surface area (Å²) in [6.45, 7) is 6.34. The predicted molar refractivity (Wildman–Crippen MR) is 99.4 cm³/mol. The summed E-state index contributed by atoms with van der Waals surface area (Å²) in [7, 11) is 3.49. The Hall–Kier alpha value is -1.44. The van der Waals surface area contributed by atoms with Crippen LogP contribution in [0.2, 0.25) is 0 Å². The topological polar surface area (TPSA) is 61.9 Å². The second kappa shape index (κ2) is 7.85. The molecule has 0 aromatic carbocycles. The molecule has 0 bridgehead atoms. The van der Waals surface area contributed by atoms with Crippen molar-refractivity contribution < 1.29 is 14.3 Å². The zero-order valence-corrected chi connectivity index (χ0v) is 16.1. The number of ether oxygens (including phenoxy) is 1. The number of hydrogen-bond donors (Lipinski definition) is 1. The molecule has 1 aromatic heterocycles. The highest BCUT2D eigenvalue weighted by atomic mass is 32.1. The lowest BCUT2D eigenvalue weighted by atomic mass is 9.88. The van der Waals surface area contributed by atoms with Crippen LogP contribution in [0.4, 0.5) is 5.00 Å². The first kappa shape index (κ1) is 18.4. The minimum atomic E-state index is -0.345. The van der Waals surface area contributed by atoms with E-state index in [-0.39, 0.29) is 11.9 Å². The van der Waals surface area contributed by atoms with E-state index in [0.29, 0.717) is 23.0 Å². The minimum Gasteiger partial charge on any atom is -0.465 e. The van der Waals surface area contributed by atoms with Gasteiger partial charge in [-0.15, -0.1) is 11.3 Å². The van der Waals surface area contributed by atoms with Gasteiger partial charge in [0.05, 0.1) is 19.2 Å². The van der Waals surface area contributed by atoms with Gasteiger partial charge in [0, 0.05) is 31.1 Å². The fraction of sp³-hybridized carbons (Fsp3) is 0.667. The molecule has 1 fully saturated rings. The van der Waals surface area contributed by atoms with Gasteiger partial charge in [-0.1, -0.05) is 6.92 Å². The van der Waals surface area contributed by atoms with Gasteiger partial charge >= 0.3 is 5.97 Å². The summed E-state index contributed by atoms with van der Waals surface area (Å²) in [5.41, 5.74) is 1.64. The van der Waals surface area contributed by atoms with Crippen LogP contribution in [0.3, 0.4) is 0 Å². The first-order chi connectivity index (χ1) is 12.0. The molecule has 25 heavy (non-hydrogen) atoms. The molecule has 1 aromatic rings. The van der Waals surface area contributed by atoms with E-state index in [9.17, 15) is 9.59 Å². The highest BCUT2D eigenvalue weighted by molar-refractivity contribution is 7.17. The molecule has 0 spiro atoms. The Morgan fingerprint density at radius 1 is 1.28 bits per heavy atom. The van der Waals surface area contributed by atoms with Crippen molar-refractivity contribution in [2.75, 3.05) is 52.2 Å². The summed E-state index contributed by atoms with van der Waals surface area (Å²) in [5, 5.41) is 3.64. The van der Waals surface area contributed by atoms with Gasteiger partial charge in [0.25, 0.3) is 0 Å². The van der Waals surface area contributed by atoms with E-state index in [1.165, 1.54) is 12.0 Å². The molecule has 1 amide bonds. The lowest BCUT2D eigenvalue weighted by Gasteiger charge is -2.31. The molecule has 0 saturated carbocycles. The number of hydrogen-bond acceptors (Lipinski definition) is 6. The minimum absolute atomic E-state index is 0.0543. The van der Waals surface area contributed by atoms with Gasteiger partial charge in [0.1, 0.15) is 5.00 Å². The Morgan fingerprint density at radius 2 is 2.00 bits per heavy atom. The van der Waals surface area contributed by atoms with Crippen molar-refractivity contribution in [2.45, 2.75) is 26.2 Å². The van der Waals surface area contributed by atoms with Gasteiger partial charge in [-0.25, -0.2) is 4.79 Å². The highest BCUT2D eigenvalue weighted by Gasteiger charge is 2.29. The average Bonchev–Trinajstić information content (AvgIpc) is 2.92. The molecule has 138 valence electrons. The number of anilines is 1. The highest BCUT2D eigenvalue weighted by Crippen LogP contribution is 2.40. The van der Waals surface area contributed by atoms with Gasteiger partial charge in [-0.05, 0) is 37.8 Å². The van der Waals surface area contributed by atoms with E-state index in [0.717, 1.165) is 51.0 Å². The summed E-state index contributed by atoms with van der Waals surface area (Å²) < 4.78 is 4.97. The number of thiophene rings is 1. The monoisotopic (exact) mass is 365 g/mol. The number of likely N-dealkylation sites (N-methyl/N-ethyl adjacent to an activating group) is 1. The number of amides is 1. The molecule has 0 radical (unpaired) electrons. The molecular weight excluding hydrogens is 338 g/mol. The Kier molecular flexibility index (Phi) is 5.76. The molecule has 1 aliphatic heterocycles. The number of carbonyl (C=O) groups is 2. The van der Waals surface area contributed by atoms with E-state index >= 15 is 0 Å². The number of esters is 1. The van der Waals surface area contributed by atoms with Crippen molar-refractivity contribution >= 4 is 28.2 Å². The molecule has 3 rings (SSSR count). The normalized spacial score (nSPS) is 21.6. The Labute approximate surface area is 153 Å². The molecule has 6 nitrogen and oxygen atoms in total. The summed E-state index contributed by atoms with van der Waals surface area (Å²) in [6.07, 6.45) is 2.92. The van der Waals surface area contributed by atoms with Crippen molar-refractivity contribution in [2.24, 2.45) is 5.92 Å². The standard InChI is InChI=1S/C18H27N3O3S/c1-12-4-5-13-14(10-12)25-17(16(13)18(23)24-3)19-15(22)11-21-8-6-20(2)7-9-21/h12H,4-11H2,1-3H3,(H,19,22)/t12-/m1/s1. The SMILES string of the molecule is COC(=O)c1c(NC(=O)CN2CCN(C)CC2)sc2c1CC[C@@H](C)C2. The molecule has 2 heterocycles. The van der Waals surface area contributed by atoms with Crippen molar-refractivity contribution in [3.63, 3.8) is 0 Å². The number of nitrogens with one attached hydrogen (secondary N) is 1. The molecule has 1 saturated heterocycles. The van der Waals surface area contributed by atoms with Crippen LogP contribution in [0.25, 0.3) is 0 Å². The number of methoxy groups -OCH3 is 1. The number of carbonyl (C=O) groups excluding carboxylic acids is 2. The predicted octanol–water partition coefficient (Wildman–Crippen LogP) is 1.85. The molecule has 1 atom stereocenters. The van der Waals surface area contributed by atoms with Crippen molar-refractivity contribution in [1.29, 1.82) is 0 Å². The van der Waals surface area contributed by atoms with Crippen LogP contribution >= 0.6 is 11.3 Å². The maximum absolute atomic E-state index is 12.5. The third-order valence-electron chi connectivity index (χ3n) is 5.12. The number of nitrogens with zero attached hydrogens (tertiary/aromatic N) is 2. The summed E-state index contributed by atoms with van der Waals surface area (Å²) in [5.74, 6) is 0.217. The smallest absolute Gasteiger partial charge is 0.341 e.